The summed E-state index contributed by atoms with van der Waals surface area (Å²) in [7, 11) is 3.63. The fraction of sp³-hybridized carbons (Fsp3) is 0.286. The van der Waals surface area contributed by atoms with E-state index in [1.54, 1.807) is 11.0 Å². The van der Waals surface area contributed by atoms with E-state index in [0.29, 0.717) is 16.9 Å². The maximum absolute atomic E-state index is 5.78. The van der Waals surface area contributed by atoms with Gasteiger partial charge in [-0.3, -0.25) is 0 Å². The summed E-state index contributed by atoms with van der Waals surface area (Å²) in [6, 6.07) is 1.55. The quantitative estimate of drug-likeness (QED) is 0.581. The summed E-state index contributed by atoms with van der Waals surface area (Å²) in [4.78, 5) is 9.85. The van der Waals surface area contributed by atoms with Crippen molar-refractivity contribution in [2.24, 2.45) is 5.73 Å². The molecule has 0 unspecified atom stereocenters. The largest absolute Gasteiger partial charge is 0.376 e. The Labute approximate surface area is 92.3 Å². The van der Waals surface area contributed by atoms with Crippen LogP contribution >= 0.6 is 23.8 Å². The predicted molar refractivity (Wildman–Crippen MR) is 61.8 cm³/mol. The Kier molecular flexibility index (Phi) is 3.43. The standard InChI is InChI=1S/C7H10ClN5S/c1-13(2)7-10-4(8)3-5(12-7)11-6(9)14/h3H,1-2H3,(H3,9,10,11,12,14). The summed E-state index contributed by atoms with van der Waals surface area (Å²) in [5, 5.41) is 3.17. The van der Waals surface area contributed by atoms with E-state index in [2.05, 4.69) is 27.5 Å². The average Bonchev–Trinajstić information content (AvgIpc) is 2.01. The summed E-state index contributed by atoms with van der Waals surface area (Å²) >= 11 is 10.5. The number of thiocarbonyl (C=S) groups is 1. The Morgan fingerprint density at radius 1 is 1.57 bits per heavy atom. The van der Waals surface area contributed by atoms with Crippen LogP contribution < -0.4 is 16.0 Å². The van der Waals surface area contributed by atoms with E-state index in [-0.39, 0.29) is 5.11 Å². The first kappa shape index (κ1) is 10.9. The Bertz CT molecular complexity index is 354. The van der Waals surface area contributed by atoms with Gasteiger partial charge >= 0.3 is 0 Å². The normalized spacial score (nSPS) is 9.64. The molecular formula is C7H10ClN5S. The molecule has 0 spiro atoms. The van der Waals surface area contributed by atoms with Crippen LogP contribution in [0.5, 0.6) is 0 Å². The number of nitrogens with one attached hydrogen (secondary N) is 1. The second-order valence-electron chi connectivity index (χ2n) is 2.76. The van der Waals surface area contributed by atoms with E-state index in [1.165, 1.54) is 0 Å². The summed E-state index contributed by atoms with van der Waals surface area (Å²) in [5.74, 6) is 0.984. The third kappa shape index (κ3) is 2.97. The zero-order valence-electron chi connectivity index (χ0n) is 7.78. The SMILES string of the molecule is CN(C)c1nc(Cl)cc(NC(N)=S)n1. The van der Waals surface area contributed by atoms with Crippen molar-refractivity contribution in [3.05, 3.63) is 11.2 Å². The fourth-order valence-electron chi connectivity index (χ4n) is 0.796. The number of nitrogens with zero attached hydrogens (tertiary/aromatic N) is 3. The summed E-state index contributed by atoms with van der Waals surface area (Å²) in [5.41, 5.74) is 5.30. The molecule has 0 radical (unpaired) electrons. The smallest absolute Gasteiger partial charge is 0.228 e. The van der Waals surface area contributed by atoms with Crippen LogP contribution in [0.2, 0.25) is 5.15 Å². The van der Waals surface area contributed by atoms with Gasteiger partial charge in [0, 0.05) is 20.2 Å². The Balaban J connectivity index is 3.01. The van der Waals surface area contributed by atoms with Crippen molar-refractivity contribution >= 4 is 40.7 Å². The van der Waals surface area contributed by atoms with Crippen LogP contribution in [0.15, 0.2) is 6.07 Å². The van der Waals surface area contributed by atoms with Crippen molar-refractivity contribution in [3.63, 3.8) is 0 Å². The minimum absolute atomic E-state index is 0.143. The average molecular weight is 232 g/mol. The molecule has 0 amide bonds. The number of rotatable bonds is 2. The van der Waals surface area contributed by atoms with Gasteiger partial charge in [-0.1, -0.05) is 11.6 Å². The molecule has 1 rings (SSSR count). The predicted octanol–water partition coefficient (Wildman–Crippen LogP) is 0.851. The Hall–Kier alpha value is -1.14. The Morgan fingerprint density at radius 2 is 2.21 bits per heavy atom. The second-order valence-corrected chi connectivity index (χ2v) is 3.59. The molecule has 0 bridgehead atoms. The minimum Gasteiger partial charge on any atom is -0.376 e. The molecule has 1 heterocycles. The highest BCUT2D eigenvalue weighted by atomic mass is 35.5. The lowest BCUT2D eigenvalue weighted by molar-refractivity contribution is 1.00. The summed E-state index contributed by atoms with van der Waals surface area (Å²) in [6.07, 6.45) is 0. The molecular weight excluding hydrogens is 222 g/mol. The Morgan fingerprint density at radius 3 is 2.71 bits per heavy atom. The van der Waals surface area contributed by atoms with Gasteiger partial charge in [-0.05, 0) is 12.2 Å². The van der Waals surface area contributed by atoms with Crippen molar-refractivity contribution < 1.29 is 0 Å². The molecule has 14 heavy (non-hydrogen) atoms. The first-order chi connectivity index (χ1) is 6.49. The second kappa shape index (κ2) is 4.39. The molecule has 0 aliphatic heterocycles. The molecule has 0 atom stereocenters. The number of hydrogen-bond acceptors (Lipinski definition) is 4. The van der Waals surface area contributed by atoms with E-state index in [9.17, 15) is 0 Å². The number of halogens is 1. The lowest BCUT2D eigenvalue weighted by atomic mass is 10.5. The van der Waals surface area contributed by atoms with E-state index >= 15 is 0 Å². The minimum atomic E-state index is 0.143. The third-order valence-electron chi connectivity index (χ3n) is 1.33. The molecule has 7 heteroatoms. The summed E-state index contributed by atoms with van der Waals surface area (Å²) in [6.45, 7) is 0. The van der Waals surface area contributed by atoms with Crippen LogP contribution in [0.4, 0.5) is 11.8 Å². The number of nitrogens with two attached hydrogens (primary N) is 1. The molecule has 3 N–H and O–H groups in total. The number of aromatic nitrogens is 2. The zero-order valence-corrected chi connectivity index (χ0v) is 9.35. The lowest BCUT2D eigenvalue weighted by Gasteiger charge is -2.11. The molecule has 0 saturated carbocycles. The van der Waals surface area contributed by atoms with Crippen molar-refractivity contribution in [2.45, 2.75) is 0 Å². The van der Waals surface area contributed by atoms with E-state index in [1.807, 2.05) is 14.1 Å². The molecule has 76 valence electrons. The topological polar surface area (TPSA) is 67.1 Å². The van der Waals surface area contributed by atoms with Crippen LogP contribution in [0.25, 0.3) is 0 Å². The maximum atomic E-state index is 5.78. The van der Waals surface area contributed by atoms with E-state index in [4.69, 9.17) is 17.3 Å². The number of hydrogen-bond donors (Lipinski definition) is 2. The van der Waals surface area contributed by atoms with Crippen LogP contribution in [-0.4, -0.2) is 29.2 Å². The highest BCUT2D eigenvalue weighted by molar-refractivity contribution is 7.80. The van der Waals surface area contributed by atoms with Gasteiger partial charge in [-0.2, -0.15) is 4.98 Å². The van der Waals surface area contributed by atoms with E-state index < -0.39 is 0 Å². The van der Waals surface area contributed by atoms with Gasteiger partial charge in [0.25, 0.3) is 0 Å². The molecule has 1 aromatic rings. The van der Waals surface area contributed by atoms with Gasteiger partial charge in [0.1, 0.15) is 11.0 Å². The van der Waals surface area contributed by atoms with Crippen LogP contribution in [-0.2, 0) is 0 Å². The molecule has 0 aliphatic rings. The molecule has 0 fully saturated rings. The zero-order chi connectivity index (χ0) is 10.7. The van der Waals surface area contributed by atoms with Gasteiger partial charge in [-0.15, -0.1) is 0 Å². The first-order valence-corrected chi connectivity index (χ1v) is 4.56. The van der Waals surface area contributed by atoms with Gasteiger partial charge in [0.2, 0.25) is 5.95 Å². The fourth-order valence-corrected chi connectivity index (χ4v) is 1.08. The van der Waals surface area contributed by atoms with Gasteiger partial charge in [-0.25, -0.2) is 4.98 Å². The lowest BCUT2D eigenvalue weighted by Crippen LogP contribution is -2.21. The molecule has 1 aromatic heterocycles. The molecule has 0 saturated heterocycles. The molecule has 0 aliphatic carbocycles. The highest BCUT2D eigenvalue weighted by Crippen LogP contribution is 2.15. The van der Waals surface area contributed by atoms with Crippen molar-refractivity contribution in [1.82, 2.24) is 9.97 Å². The molecule has 0 aromatic carbocycles. The maximum Gasteiger partial charge on any atom is 0.228 e. The van der Waals surface area contributed by atoms with Crippen LogP contribution in [0.1, 0.15) is 0 Å². The van der Waals surface area contributed by atoms with E-state index in [0.717, 1.165) is 0 Å². The molecule has 5 nitrogen and oxygen atoms in total. The summed E-state index contributed by atoms with van der Waals surface area (Å²) < 4.78 is 0. The monoisotopic (exact) mass is 231 g/mol. The van der Waals surface area contributed by atoms with Crippen LogP contribution in [0.3, 0.4) is 0 Å². The third-order valence-corrected chi connectivity index (χ3v) is 1.63. The van der Waals surface area contributed by atoms with Crippen molar-refractivity contribution in [1.29, 1.82) is 0 Å². The van der Waals surface area contributed by atoms with Gasteiger partial charge < -0.3 is 16.0 Å². The highest BCUT2D eigenvalue weighted by Gasteiger charge is 2.04. The van der Waals surface area contributed by atoms with Crippen LogP contribution in [0, 0.1) is 0 Å². The van der Waals surface area contributed by atoms with Gasteiger partial charge in [0.05, 0.1) is 0 Å². The van der Waals surface area contributed by atoms with Gasteiger partial charge in [0.15, 0.2) is 5.11 Å². The number of anilines is 2. The van der Waals surface area contributed by atoms with Crippen molar-refractivity contribution in [3.8, 4) is 0 Å². The van der Waals surface area contributed by atoms with Crippen molar-refractivity contribution in [2.75, 3.05) is 24.3 Å². The first-order valence-electron chi connectivity index (χ1n) is 3.77.